The predicted octanol–water partition coefficient (Wildman–Crippen LogP) is 5.79. The van der Waals surface area contributed by atoms with Crippen LogP contribution >= 0.6 is 11.8 Å². The van der Waals surface area contributed by atoms with E-state index in [4.69, 9.17) is 4.74 Å². The fourth-order valence-corrected chi connectivity index (χ4v) is 4.38. The van der Waals surface area contributed by atoms with Gasteiger partial charge in [0, 0.05) is 29.8 Å². The summed E-state index contributed by atoms with van der Waals surface area (Å²) in [5.41, 5.74) is 3.80. The van der Waals surface area contributed by atoms with Gasteiger partial charge in [0.25, 0.3) is 0 Å². The molecule has 33 heavy (non-hydrogen) atoms. The molecule has 168 valence electrons. The third-order valence-corrected chi connectivity index (χ3v) is 6.21. The molecule has 0 aliphatic heterocycles. The lowest BCUT2D eigenvalue weighted by Gasteiger charge is -2.05. The molecule has 6 nitrogen and oxygen atoms in total. The molecule has 0 N–H and O–H groups in total. The molecule has 0 atom stereocenters. The summed E-state index contributed by atoms with van der Waals surface area (Å²) in [7, 11) is 0. The summed E-state index contributed by atoms with van der Waals surface area (Å²) in [5, 5.41) is 13.9. The normalized spacial score (nSPS) is 11.5. The van der Waals surface area contributed by atoms with Crippen LogP contribution in [0.25, 0.3) is 22.4 Å². The lowest BCUT2D eigenvalue weighted by Crippen LogP contribution is -1.96. The maximum Gasteiger partial charge on any atom is 0.196 e. The Kier molecular flexibility index (Phi) is 5.95. The van der Waals surface area contributed by atoms with Gasteiger partial charge < -0.3 is 4.74 Å². The molecule has 0 saturated heterocycles. The first-order chi connectivity index (χ1) is 16.1. The number of thioether (sulfide) groups is 1. The molecule has 0 unspecified atom stereocenters. The van der Waals surface area contributed by atoms with Crippen LogP contribution in [0.5, 0.6) is 5.75 Å². The average molecular weight is 466 g/mol. The van der Waals surface area contributed by atoms with Gasteiger partial charge in [-0.25, -0.2) is 13.3 Å². The lowest BCUT2D eigenvalue weighted by molar-refractivity contribution is 0.309. The Morgan fingerprint density at radius 3 is 2.52 bits per heavy atom. The predicted molar refractivity (Wildman–Crippen MR) is 123 cm³/mol. The fourth-order valence-electron chi connectivity index (χ4n) is 3.53. The zero-order chi connectivity index (χ0) is 22.8. The molecular weight excluding hydrogens is 444 g/mol. The van der Waals surface area contributed by atoms with E-state index in [1.807, 2.05) is 47.1 Å². The van der Waals surface area contributed by atoms with E-state index >= 15 is 0 Å². The molecule has 5 rings (SSSR count). The lowest BCUT2D eigenvalue weighted by atomic mass is 10.1. The van der Waals surface area contributed by atoms with Crippen molar-refractivity contribution in [1.29, 1.82) is 0 Å². The van der Waals surface area contributed by atoms with Gasteiger partial charge >= 0.3 is 0 Å². The smallest absolute Gasteiger partial charge is 0.196 e. The minimum atomic E-state index is -0.592. The van der Waals surface area contributed by atoms with Crippen LogP contribution in [0.1, 0.15) is 25.3 Å². The number of aromatic nitrogens is 5. The summed E-state index contributed by atoms with van der Waals surface area (Å²) in [5.74, 6) is 0.0323. The summed E-state index contributed by atoms with van der Waals surface area (Å²) >= 11 is 1.36. The van der Waals surface area contributed by atoms with Crippen molar-refractivity contribution in [3.05, 3.63) is 78.1 Å². The number of halogens is 2. The van der Waals surface area contributed by atoms with Crippen LogP contribution in [0, 0.1) is 11.6 Å². The van der Waals surface area contributed by atoms with Crippen molar-refractivity contribution in [2.24, 2.45) is 0 Å². The Labute approximate surface area is 193 Å². The Morgan fingerprint density at radius 2 is 1.76 bits per heavy atom. The highest BCUT2D eigenvalue weighted by molar-refractivity contribution is 7.98. The molecule has 3 aromatic heterocycles. The Hall–Kier alpha value is -3.46. The largest absolute Gasteiger partial charge is 0.494 e. The van der Waals surface area contributed by atoms with E-state index in [1.165, 1.54) is 23.9 Å². The molecule has 3 heterocycles. The van der Waals surface area contributed by atoms with Crippen LogP contribution in [-0.4, -0.2) is 30.8 Å². The zero-order valence-electron chi connectivity index (χ0n) is 17.9. The van der Waals surface area contributed by atoms with E-state index in [9.17, 15) is 8.78 Å². The molecule has 0 spiro atoms. The highest BCUT2D eigenvalue weighted by Crippen LogP contribution is 2.27. The number of unbranched alkanes of at least 4 members (excludes halogenated alkanes) is 1. The van der Waals surface area contributed by atoms with Gasteiger partial charge in [0.15, 0.2) is 10.8 Å². The Balaban J connectivity index is 1.38. The van der Waals surface area contributed by atoms with Gasteiger partial charge in [0.2, 0.25) is 0 Å². The summed E-state index contributed by atoms with van der Waals surface area (Å²) < 4.78 is 36.3. The average Bonchev–Trinajstić information content (AvgIpc) is 3.42. The number of hydrogen-bond acceptors (Lipinski definition) is 5. The van der Waals surface area contributed by atoms with Crippen molar-refractivity contribution < 1.29 is 13.5 Å². The van der Waals surface area contributed by atoms with Crippen molar-refractivity contribution in [2.45, 2.75) is 30.7 Å². The summed E-state index contributed by atoms with van der Waals surface area (Å²) in [6, 6.07) is 13.3. The van der Waals surface area contributed by atoms with Crippen LogP contribution in [0.15, 0.2) is 66.1 Å². The van der Waals surface area contributed by atoms with E-state index < -0.39 is 11.6 Å². The van der Waals surface area contributed by atoms with Crippen molar-refractivity contribution in [3.63, 3.8) is 0 Å². The van der Waals surface area contributed by atoms with Gasteiger partial charge in [-0.3, -0.25) is 4.40 Å². The summed E-state index contributed by atoms with van der Waals surface area (Å²) in [6.07, 6.45) is 5.80. The maximum absolute atomic E-state index is 13.5. The third-order valence-electron chi connectivity index (χ3n) is 5.19. The van der Waals surface area contributed by atoms with Crippen LogP contribution < -0.4 is 4.74 Å². The topological polar surface area (TPSA) is 56.7 Å². The van der Waals surface area contributed by atoms with Crippen molar-refractivity contribution in [3.8, 4) is 17.0 Å². The second-order valence-electron chi connectivity index (χ2n) is 7.63. The Morgan fingerprint density at radius 1 is 0.970 bits per heavy atom. The maximum atomic E-state index is 13.5. The van der Waals surface area contributed by atoms with E-state index in [2.05, 4.69) is 22.2 Å². The highest BCUT2D eigenvalue weighted by Gasteiger charge is 2.13. The molecule has 0 bridgehead atoms. The molecule has 5 aromatic rings. The standard InChI is InChI=1S/C24H21F2N5OS/c1-2-3-10-32-20-6-4-17(5-7-20)21-14-22-23-27-28-24(30(23)8-9-31(22)29-21)33-15-16-11-18(25)13-19(26)12-16/h4-9,11-14H,2-3,10,15H2,1H3. The van der Waals surface area contributed by atoms with E-state index in [0.717, 1.165) is 41.4 Å². The number of benzene rings is 2. The van der Waals surface area contributed by atoms with Gasteiger partial charge in [-0.2, -0.15) is 5.10 Å². The monoisotopic (exact) mass is 465 g/mol. The highest BCUT2D eigenvalue weighted by atomic mass is 32.2. The SMILES string of the molecule is CCCCOc1ccc(-c2cc3c4nnc(SCc5cc(F)cc(F)c5)n4ccn3n2)cc1. The number of hydrogen-bond donors (Lipinski definition) is 0. The molecule has 0 fully saturated rings. The minimum absolute atomic E-state index is 0.373. The Bertz CT molecular complexity index is 1390. The fraction of sp³-hybridized carbons (Fsp3) is 0.208. The second-order valence-corrected chi connectivity index (χ2v) is 8.57. The number of nitrogens with zero attached hydrogens (tertiary/aromatic N) is 5. The first-order valence-electron chi connectivity index (χ1n) is 10.6. The molecule has 9 heteroatoms. The van der Waals surface area contributed by atoms with E-state index in [0.29, 0.717) is 28.7 Å². The molecule has 0 amide bonds. The number of rotatable bonds is 8. The second kappa shape index (κ2) is 9.19. The number of ether oxygens (including phenoxy) is 1. The molecule has 2 aromatic carbocycles. The van der Waals surface area contributed by atoms with Crippen LogP contribution in [0.3, 0.4) is 0 Å². The van der Waals surface area contributed by atoms with Crippen LogP contribution in [0.4, 0.5) is 8.78 Å². The minimum Gasteiger partial charge on any atom is -0.494 e. The van der Waals surface area contributed by atoms with E-state index in [1.54, 1.807) is 4.52 Å². The van der Waals surface area contributed by atoms with Gasteiger partial charge in [-0.1, -0.05) is 25.1 Å². The first kappa shape index (κ1) is 21.4. The first-order valence-corrected chi connectivity index (χ1v) is 11.6. The van der Waals surface area contributed by atoms with Gasteiger partial charge in [-0.05, 0) is 54.4 Å². The van der Waals surface area contributed by atoms with Crippen LogP contribution in [-0.2, 0) is 5.75 Å². The van der Waals surface area contributed by atoms with E-state index in [-0.39, 0.29) is 0 Å². The molecule has 0 radical (unpaired) electrons. The number of fused-ring (bicyclic) bond motifs is 3. The zero-order valence-corrected chi connectivity index (χ0v) is 18.7. The molecular formula is C24H21F2N5OS. The van der Waals surface area contributed by atoms with Crippen molar-refractivity contribution in [2.75, 3.05) is 6.61 Å². The van der Waals surface area contributed by atoms with Gasteiger partial charge in [-0.15, -0.1) is 10.2 Å². The summed E-state index contributed by atoms with van der Waals surface area (Å²) in [4.78, 5) is 0. The quantitative estimate of drug-likeness (QED) is 0.214. The molecule has 0 saturated carbocycles. The molecule has 0 aliphatic rings. The summed E-state index contributed by atoms with van der Waals surface area (Å²) in [6.45, 7) is 2.85. The van der Waals surface area contributed by atoms with Gasteiger partial charge in [0.1, 0.15) is 22.9 Å². The van der Waals surface area contributed by atoms with Gasteiger partial charge in [0.05, 0.1) is 12.3 Å². The van der Waals surface area contributed by atoms with Crippen LogP contribution in [0.2, 0.25) is 0 Å². The van der Waals surface area contributed by atoms with Crippen molar-refractivity contribution >= 4 is 22.9 Å². The third kappa shape index (κ3) is 4.54. The molecule has 0 aliphatic carbocycles. The van der Waals surface area contributed by atoms with Crippen molar-refractivity contribution in [1.82, 2.24) is 24.2 Å².